The molecule has 2 heterocycles. The predicted octanol–water partition coefficient (Wildman–Crippen LogP) is 4.05. The zero-order valence-electron chi connectivity index (χ0n) is 18.8. The number of anilines is 1. The molecule has 0 saturated carbocycles. The van der Waals surface area contributed by atoms with Gasteiger partial charge in [-0.1, -0.05) is 30.3 Å². The van der Waals surface area contributed by atoms with E-state index in [1.165, 1.54) is 11.3 Å². The average Bonchev–Trinajstić information content (AvgIpc) is 3.09. The molecule has 1 saturated heterocycles. The molecule has 0 unspecified atom stereocenters. The Kier molecular flexibility index (Phi) is 6.92. The summed E-state index contributed by atoms with van der Waals surface area (Å²) in [4.78, 5) is 20.8. The van der Waals surface area contributed by atoms with Gasteiger partial charge in [0.15, 0.2) is 0 Å². The molecule has 0 aliphatic carbocycles. The van der Waals surface area contributed by atoms with E-state index in [-0.39, 0.29) is 5.91 Å². The highest BCUT2D eigenvalue weighted by Gasteiger charge is 2.17. The summed E-state index contributed by atoms with van der Waals surface area (Å²) in [6, 6.07) is 17.0. The van der Waals surface area contributed by atoms with Gasteiger partial charge in [-0.2, -0.15) is 0 Å². The summed E-state index contributed by atoms with van der Waals surface area (Å²) in [5.41, 5.74) is 5.96. The number of hydrogen-bond donors (Lipinski definition) is 2. The van der Waals surface area contributed by atoms with Gasteiger partial charge < -0.3 is 15.2 Å². The minimum Gasteiger partial charge on any atom is -0.369 e. The Morgan fingerprint density at radius 3 is 2.61 bits per heavy atom. The third kappa shape index (κ3) is 5.47. The maximum absolute atomic E-state index is 12.4. The Hall–Kier alpha value is -2.79. The number of fused-ring (bicyclic) bond motifs is 1. The monoisotopic (exact) mass is 418 g/mol. The van der Waals surface area contributed by atoms with E-state index in [0.29, 0.717) is 6.42 Å². The van der Waals surface area contributed by atoms with E-state index < -0.39 is 0 Å². The second-order valence-electron chi connectivity index (χ2n) is 8.68. The van der Waals surface area contributed by atoms with Crippen molar-refractivity contribution in [2.45, 2.75) is 33.1 Å². The van der Waals surface area contributed by atoms with Crippen LogP contribution in [0.2, 0.25) is 0 Å². The van der Waals surface area contributed by atoms with Crippen LogP contribution in [0.3, 0.4) is 0 Å². The normalized spacial score (nSPS) is 14.8. The van der Waals surface area contributed by atoms with E-state index in [0.717, 1.165) is 74.3 Å². The number of para-hydroxylation sites is 1. The topological polar surface area (TPSA) is 51.4 Å². The molecule has 1 aromatic heterocycles. The van der Waals surface area contributed by atoms with E-state index in [2.05, 4.69) is 63.4 Å². The Morgan fingerprint density at radius 2 is 1.81 bits per heavy atom. The number of amides is 1. The number of nitrogens with zero attached hydrogens (tertiary/aromatic N) is 2. The van der Waals surface area contributed by atoms with E-state index in [9.17, 15) is 4.79 Å². The van der Waals surface area contributed by atoms with E-state index in [1.807, 2.05) is 19.1 Å². The second kappa shape index (κ2) is 10.0. The molecule has 1 aliphatic heterocycles. The van der Waals surface area contributed by atoms with Crippen LogP contribution in [0.25, 0.3) is 10.9 Å². The van der Waals surface area contributed by atoms with Gasteiger partial charge in [0.1, 0.15) is 0 Å². The van der Waals surface area contributed by atoms with Crippen LogP contribution in [0.15, 0.2) is 48.5 Å². The third-order valence-corrected chi connectivity index (χ3v) is 6.33. The molecule has 1 fully saturated rings. The van der Waals surface area contributed by atoms with Crippen LogP contribution < -0.4 is 10.2 Å². The van der Waals surface area contributed by atoms with Gasteiger partial charge in [-0.3, -0.25) is 9.69 Å². The molecule has 2 N–H and O–H groups in total. The van der Waals surface area contributed by atoms with Crippen LogP contribution in [0.1, 0.15) is 29.7 Å². The molecule has 3 aromatic rings. The first-order valence-electron chi connectivity index (χ1n) is 11.5. The minimum atomic E-state index is 0.111. The van der Waals surface area contributed by atoms with Gasteiger partial charge >= 0.3 is 0 Å². The molecule has 0 bridgehead atoms. The van der Waals surface area contributed by atoms with Crippen molar-refractivity contribution in [3.8, 4) is 0 Å². The van der Waals surface area contributed by atoms with Gasteiger partial charge in [-0.15, -0.1) is 0 Å². The summed E-state index contributed by atoms with van der Waals surface area (Å²) in [7, 11) is 0. The quantitative estimate of drug-likeness (QED) is 0.543. The highest BCUT2D eigenvalue weighted by atomic mass is 16.1. The Balaban J connectivity index is 1.13. The van der Waals surface area contributed by atoms with Crippen molar-refractivity contribution in [2.24, 2.45) is 0 Å². The number of carbonyl (C=O) groups excluding carboxylic acids is 1. The molecule has 1 aliphatic rings. The van der Waals surface area contributed by atoms with Crippen molar-refractivity contribution < 1.29 is 4.79 Å². The van der Waals surface area contributed by atoms with E-state index in [1.54, 1.807) is 0 Å². The number of benzene rings is 2. The summed E-state index contributed by atoms with van der Waals surface area (Å²) < 4.78 is 0. The van der Waals surface area contributed by atoms with Crippen LogP contribution in [0.5, 0.6) is 0 Å². The predicted molar refractivity (Wildman–Crippen MR) is 129 cm³/mol. The zero-order chi connectivity index (χ0) is 21.6. The van der Waals surface area contributed by atoms with Crippen molar-refractivity contribution in [2.75, 3.05) is 44.2 Å². The summed E-state index contributed by atoms with van der Waals surface area (Å²) in [5.74, 6) is 0.111. The lowest BCUT2D eigenvalue weighted by Crippen LogP contribution is -2.46. The van der Waals surface area contributed by atoms with Crippen LogP contribution >= 0.6 is 0 Å². The molecule has 5 heteroatoms. The molecule has 31 heavy (non-hydrogen) atoms. The number of aromatic amines is 1. The lowest BCUT2D eigenvalue weighted by Gasteiger charge is -2.36. The lowest BCUT2D eigenvalue weighted by atomic mass is 10.1. The minimum absolute atomic E-state index is 0.111. The fourth-order valence-corrected chi connectivity index (χ4v) is 4.53. The molecule has 2 aromatic carbocycles. The van der Waals surface area contributed by atoms with Crippen molar-refractivity contribution in [1.29, 1.82) is 0 Å². The number of aryl methyl sites for hydroxylation is 2. The van der Waals surface area contributed by atoms with E-state index >= 15 is 0 Å². The van der Waals surface area contributed by atoms with E-state index in [4.69, 9.17) is 0 Å². The smallest absolute Gasteiger partial charge is 0.224 e. The highest BCUT2D eigenvalue weighted by Crippen LogP contribution is 2.22. The van der Waals surface area contributed by atoms with Crippen molar-refractivity contribution in [3.63, 3.8) is 0 Å². The maximum Gasteiger partial charge on any atom is 0.224 e. The van der Waals surface area contributed by atoms with Gasteiger partial charge in [0.05, 0.1) is 6.42 Å². The number of piperazine rings is 1. The molecule has 164 valence electrons. The van der Waals surface area contributed by atoms with Crippen LogP contribution in [0.4, 0.5) is 5.69 Å². The molecule has 0 radical (unpaired) electrons. The Morgan fingerprint density at radius 1 is 1.00 bits per heavy atom. The van der Waals surface area contributed by atoms with Gasteiger partial charge in [0.2, 0.25) is 5.91 Å². The zero-order valence-corrected chi connectivity index (χ0v) is 18.8. The number of hydrogen-bond acceptors (Lipinski definition) is 3. The molecule has 0 spiro atoms. The van der Waals surface area contributed by atoms with Crippen LogP contribution in [-0.4, -0.2) is 55.1 Å². The summed E-state index contributed by atoms with van der Waals surface area (Å²) in [6.07, 6.45) is 2.59. The number of rotatable bonds is 8. The largest absolute Gasteiger partial charge is 0.369 e. The van der Waals surface area contributed by atoms with Crippen molar-refractivity contribution in [1.82, 2.24) is 15.2 Å². The lowest BCUT2D eigenvalue weighted by molar-refractivity contribution is -0.120. The first-order valence-corrected chi connectivity index (χ1v) is 11.5. The van der Waals surface area contributed by atoms with Gasteiger partial charge in [-0.05, 0) is 62.6 Å². The van der Waals surface area contributed by atoms with Gasteiger partial charge in [-0.25, -0.2) is 0 Å². The summed E-state index contributed by atoms with van der Waals surface area (Å²) in [5, 5.41) is 4.26. The van der Waals surface area contributed by atoms with Gasteiger partial charge in [0, 0.05) is 55.0 Å². The first-order chi connectivity index (χ1) is 15.1. The second-order valence-corrected chi connectivity index (χ2v) is 8.68. The third-order valence-electron chi connectivity index (χ3n) is 6.33. The van der Waals surface area contributed by atoms with Gasteiger partial charge in [0.25, 0.3) is 0 Å². The summed E-state index contributed by atoms with van der Waals surface area (Å²) >= 11 is 0. The molecular formula is C26H34N4O. The standard InChI is InChI=1S/C26H34N4O/c1-20-8-7-9-22(18-20)30-16-14-29(15-17-30)13-6-5-12-27-26(31)19-24-21(2)28-25-11-4-3-10-23(24)25/h3-4,7-11,18,28H,5-6,12-17,19H2,1-2H3,(H,27,31). The SMILES string of the molecule is Cc1cccc(N2CCN(CCCCNC(=O)Cc3c(C)[nH]c4ccccc34)CC2)c1. The van der Waals surface area contributed by atoms with Crippen molar-refractivity contribution >= 4 is 22.5 Å². The number of carbonyl (C=O) groups is 1. The highest BCUT2D eigenvalue weighted by molar-refractivity contribution is 5.90. The Labute approximate surface area is 185 Å². The van der Waals surface area contributed by atoms with Crippen molar-refractivity contribution in [3.05, 3.63) is 65.4 Å². The number of aromatic nitrogens is 1. The number of nitrogens with one attached hydrogen (secondary N) is 2. The van der Waals surface area contributed by atoms with Crippen LogP contribution in [-0.2, 0) is 11.2 Å². The molecule has 5 nitrogen and oxygen atoms in total. The first kappa shape index (κ1) is 21.4. The number of H-pyrrole nitrogens is 1. The molecule has 4 rings (SSSR count). The van der Waals surface area contributed by atoms with Crippen LogP contribution in [0, 0.1) is 13.8 Å². The molecule has 1 amide bonds. The maximum atomic E-state index is 12.4. The number of unbranched alkanes of at least 4 members (excludes halogenated alkanes) is 1. The average molecular weight is 419 g/mol. The Bertz CT molecular complexity index is 1020. The molecule has 0 atom stereocenters. The fraction of sp³-hybridized carbons (Fsp3) is 0.423. The fourth-order valence-electron chi connectivity index (χ4n) is 4.53. The summed E-state index contributed by atoms with van der Waals surface area (Å²) in [6.45, 7) is 10.5. The molecular weight excluding hydrogens is 384 g/mol.